The fourth-order valence-electron chi connectivity index (χ4n) is 2.57. The fraction of sp³-hybridized carbons (Fsp3) is 0. The van der Waals surface area contributed by atoms with Gasteiger partial charge in [-0.3, -0.25) is 19.6 Å². The van der Waals surface area contributed by atoms with E-state index in [1.165, 1.54) is 36.4 Å². The number of anilines is 1. The van der Waals surface area contributed by atoms with Crippen molar-refractivity contribution in [3.63, 3.8) is 0 Å². The molecule has 0 atom stereocenters. The van der Waals surface area contributed by atoms with E-state index in [0.717, 1.165) is 4.90 Å². The third-order valence-corrected chi connectivity index (χ3v) is 3.82. The second-order valence-corrected chi connectivity index (χ2v) is 5.49. The summed E-state index contributed by atoms with van der Waals surface area (Å²) in [6, 6.07) is 11.0. The van der Waals surface area contributed by atoms with E-state index in [-0.39, 0.29) is 0 Å². The Hall–Kier alpha value is -3.87. The molecule has 0 saturated heterocycles. The Balaban J connectivity index is 1.52. The first-order chi connectivity index (χ1) is 12.6. The SMILES string of the molecule is O=C(Oc1ccc2nccnc2c1)c1ccc(N2C(=O)C=CC2=O)cc1. The number of carbonyl (C=O) groups is 3. The van der Waals surface area contributed by atoms with Crippen LogP contribution in [0, 0.1) is 0 Å². The van der Waals surface area contributed by atoms with Crippen molar-refractivity contribution in [1.82, 2.24) is 9.97 Å². The molecule has 0 unspecified atom stereocenters. The lowest BCUT2D eigenvalue weighted by Crippen LogP contribution is -2.29. The molecule has 0 bridgehead atoms. The van der Waals surface area contributed by atoms with Crippen LogP contribution in [0.4, 0.5) is 5.69 Å². The van der Waals surface area contributed by atoms with Crippen LogP contribution in [-0.2, 0) is 9.59 Å². The van der Waals surface area contributed by atoms with Crippen LogP contribution in [0.1, 0.15) is 10.4 Å². The molecule has 1 aliphatic rings. The number of ether oxygens (including phenoxy) is 1. The van der Waals surface area contributed by atoms with Crippen molar-refractivity contribution >= 4 is 34.5 Å². The van der Waals surface area contributed by atoms with Gasteiger partial charge in [0.2, 0.25) is 0 Å². The zero-order valence-corrected chi connectivity index (χ0v) is 13.3. The van der Waals surface area contributed by atoms with Crippen LogP contribution in [0.25, 0.3) is 11.0 Å². The molecule has 0 aliphatic carbocycles. The van der Waals surface area contributed by atoms with E-state index < -0.39 is 17.8 Å². The monoisotopic (exact) mass is 345 g/mol. The van der Waals surface area contributed by atoms with Crippen LogP contribution >= 0.6 is 0 Å². The van der Waals surface area contributed by atoms with Crippen molar-refractivity contribution in [2.24, 2.45) is 0 Å². The molecule has 1 aliphatic heterocycles. The number of esters is 1. The van der Waals surface area contributed by atoms with E-state index in [9.17, 15) is 14.4 Å². The fourth-order valence-corrected chi connectivity index (χ4v) is 2.57. The summed E-state index contributed by atoms with van der Waals surface area (Å²) in [4.78, 5) is 45.0. The second-order valence-electron chi connectivity index (χ2n) is 5.49. The van der Waals surface area contributed by atoms with Gasteiger partial charge in [0.1, 0.15) is 5.75 Å². The number of hydrogen-bond acceptors (Lipinski definition) is 6. The molecule has 0 fully saturated rings. The first kappa shape index (κ1) is 15.6. The first-order valence-corrected chi connectivity index (χ1v) is 7.71. The van der Waals surface area contributed by atoms with Crippen molar-refractivity contribution in [1.29, 1.82) is 0 Å². The van der Waals surface area contributed by atoms with Crippen molar-refractivity contribution in [3.05, 3.63) is 72.6 Å². The molecule has 7 nitrogen and oxygen atoms in total. The molecule has 26 heavy (non-hydrogen) atoms. The zero-order valence-electron chi connectivity index (χ0n) is 13.3. The van der Waals surface area contributed by atoms with Crippen LogP contribution in [0.2, 0.25) is 0 Å². The molecule has 3 aromatic rings. The average molecular weight is 345 g/mol. The van der Waals surface area contributed by atoms with Gasteiger partial charge in [0.25, 0.3) is 11.8 Å². The van der Waals surface area contributed by atoms with Crippen LogP contribution in [0.15, 0.2) is 67.0 Å². The molecule has 4 rings (SSSR count). The van der Waals surface area contributed by atoms with Crippen LogP contribution < -0.4 is 9.64 Å². The molecule has 0 N–H and O–H groups in total. The first-order valence-electron chi connectivity index (χ1n) is 7.71. The Bertz CT molecular complexity index is 1060. The zero-order chi connectivity index (χ0) is 18.1. The highest BCUT2D eigenvalue weighted by Gasteiger charge is 2.25. The van der Waals surface area contributed by atoms with Crippen LogP contribution in [0.3, 0.4) is 0 Å². The summed E-state index contributed by atoms with van der Waals surface area (Å²) >= 11 is 0. The molecule has 0 radical (unpaired) electrons. The number of benzene rings is 2. The van der Waals surface area contributed by atoms with Gasteiger partial charge in [-0.05, 0) is 36.4 Å². The molecular formula is C19H11N3O4. The minimum Gasteiger partial charge on any atom is -0.423 e. The summed E-state index contributed by atoms with van der Waals surface area (Å²) in [5.41, 5.74) is 2.00. The number of amides is 2. The number of aromatic nitrogens is 2. The molecule has 2 heterocycles. The second kappa shape index (κ2) is 6.21. The molecule has 0 saturated carbocycles. The molecule has 2 amide bonds. The van der Waals surface area contributed by atoms with Gasteiger partial charge in [-0.25, -0.2) is 9.69 Å². The molecule has 2 aromatic carbocycles. The molecule has 0 spiro atoms. The van der Waals surface area contributed by atoms with E-state index in [4.69, 9.17) is 4.74 Å². The summed E-state index contributed by atoms with van der Waals surface area (Å²) in [6.07, 6.45) is 5.55. The van der Waals surface area contributed by atoms with E-state index in [0.29, 0.717) is 28.0 Å². The van der Waals surface area contributed by atoms with Gasteiger partial charge in [0.15, 0.2) is 0 Å². The predicted molar refractivity (Wildman–Crippen MR) is 92.6 cm³/mol. The highest BCUT2D eigenvalue weighted by molar-refractivity contribution is 6.28. The maximum atomic E-state index is 12.3. The van der Waals surface area contributed by atoms with Gasteiger partial charge in [-0.1, -0.05) is 0 Å². The van der Waals surface area contributed by atoms with E-state index >= 15 is 0 Å². The number of fused-ring (bicyclic) bond motifs is 1. The van der Waals surface area contributed by atoms with E-state index in [2.05, 4.69) is 9.97 Å². The summed E-state index contributed by atoms with van der Waals surface area (Å²) in [5.74, 6) is -1.04. The van der Waals surface area contributed by atoms with Gasteiger partial charge in [-0.2, -0.15) is 0 Å². The summed E-state index contributed by atoms with van der Waals surface area (Å²) < 4.78 is 5.35. The summed E-state index contributed by atoms with van der Waals surface area (Å²) in [5, 5.41) is 0. The lowest BCUT2D eigenvalue weighted by Gasteiger charge is -2.14. The third-order valence-electron chi connectivity index (χ3n) is 3.82. The van der Waals surface area contributed by atoms with Gasteiger partial charge in [0, 0.05) is 30.6 Å². The van der Waals surface area contributed by atoms with Crippen LogP contribution in [0.5, 0.6) is 5.75 Å². The largest absolute Gasteiger partial charge is 0.423 e. The van der Waals surface area contributed by atoms with Gasteiger partial charge in [0.05, 0.1) is 22.3 Å². The Kier molecular flexibility index (Phi) is 3.74. The lowest BCUT2D eigenvalue weighted by atomic mass is 10.2. The van der Waals surface area contributed by atoms with Gasteiger partial charge < -0.3 is 4.74 Å². The minimum atomic E-state index is -0.558. The van der Waals surface area contributed by atoms with Gasteiger partial charge in [-0.15, -0.1) is 0 Å². The highest BCUT2D eigenvalue weighted by atomic mass is 16.5. The molecule has 7 heteroatoms. The standard InChI is InChI=1S/C19H11N3O4/c23-17-7-8-18(24)22(17)13-3-1-12(2-4-13)19(25)26-14-5-6-15-16(11-14)21-10-9-20-15/h1-11H. The highest BCUT2D eigenvalue weighted by Crippen LogP contribution is 2.21. The average Bonchev–Trinajstić information content (AvgIpc) is 3.00. The predicted octanol–water partition coefficient (Wildman–Crippen LogP) is 2.28. The Morgan fingerprint density at radius 1 is 0.846 bits per heavy atom. The summed E-state index contributed by atoms with van der Waals surface area (Å²) in [6.45, 7) is 0. The third kappa shape index (κ3) is 2.82. The van der Waals surface area contributed by atoms with E-state index in [1.54, 1.807) is 30.6 Å². The Labute approximate surface area is 147 Å². The Morgan fingerprint density at radius 3 is 2.19 bits per heavy atom. The smallest absolute Gasteiger partial charge is 0.343 e. The normalized spacial score (nSPS) is 13.5. The minimum absolute atomic E-state index is 0.292. The maximum Gasteiger partial charge on any atom is 0.343 e. The molecule has 1 aromatic heterocycles. The number of carbonyl (C=O) groups excluding carboxylic acids is 3. The number of rotatable bonds is 3. The van der Waals surface area contributed by atoms with Crippen molar-refractivity contribution in [3.8, 4) is 5.75 Å². The van der Waals surface area contributed by atoms with Gasteiger partial charge >= 0.3 is 5.97 Å². The summed E-state index contributed by atoms with van der Waals surface area (Å²) in [7, 11) is 0. The topological polar surface area (TPSA) is 89.5 Å². The van der Waals surface area contributed by atoms with E-state index in [1.807, 2.05) is 0 Å². The van der Waals surface area contributed by atoms with Crippen molar-refractivity contribution in [2.75, 3.05) is 4.90 Å². The van der Waals surface area contributed by atoms with Crippen molar-refractivity contribution in [2.45, 2.75) is 0 Å². The van der Waals surface area contributed by atoms with Crippen molar-refractivity contribution < 1.29 is 19.1 Å². The molecule has 126 valence electrons. The lowest BCUT2D eigenvalue weighted by molar-refractivity contribution is -0.119. The molecular weight excluding hydrogens is 334 g/mol. The number of nitrogens with zero attached hydrogens (tertiary/aromatic N) is 3. The van der Waals surface area contributed by atoms with Crippen LogP contribution in [-0.4, -0.2) is 27.8 Å². The number of hydrogen-bond donors (Lipinski definition) is 0. The maximum absolute atomic E-state index is 12.3. The Morgan fingerprint density at radius 2 is 1.50 bits per heavy atom. The number of imide groups is 1. The quantitative estimate of drug-likeness (QED) is 0.411.